The highest BCUT2D eigenvalue weighted by Gasteiger charge is 2.14. The zero-order chi connectivity index (χ0) is 15.9. The van der Waals surface area contributed by atoms with E-state index in [1.54, 1.807) is 13.0 Å². The average molecular weight is 290 g/mol. The van der Waals surface area contributed by atoms with Crippen LogP contribution in [0.4, 0.5) is 0 Å². The first-order chi connectivity index (χ1) is 9.81. The van der Waals surface area contributed by atoms with Crippen molar-refractivity contribution in [2.24, 2.45) is 0 Å². The molecule has 0 aromatic heterocycles. The molecule has 1 amide bonds. The summed E-state index contributed by atoms with van der Waals surface area (Å²) in [7, 11) is 0. The molecule has 0 saturated heterocycles. The molecule has 0 aliphatic heterocycles. The Morgan fingerprint density at radius 3 is 2.76 bits per heavy atom. The number of rotatable bonds is 7. The maximum absolute atomic E-state index is 11.8. The summed E-state index contributed by atoms with van der Waals surface area (Å²) < 4.78 is 5.67. The SMILES string of the molecule is C=CCNC(=O)C(C)Oc1cccc(CNC(C)(C)C)c1. The molecule has 116 valence electrons. The molecule has 2 N–H and O–H groups in total. The highest BCUT2D eigenvalue weighted by atomic mass is 16.5. The third-order valence-corrected chi connectivity index (χ3v) is 2.82. The van der Waals surface area contributed by atoms with Crippen molar-refractivity contribution >= 4 is 5.91 Å². The van der Waals surface area contributed by atoms with E-state index in [1.807, 2.05) is 24.3 Å². The lowest BCUT2D eigenvalue weighted by molar-refractivity contribution is -0.127. The van der Waals surface area contributed by atoms with E-state index in [1.165, 1.54) is 0 Å². The molecule has 1 aromatic rings. The quantitative estimate of drug-likeness (QED) is 0.759. The van der Waals surface area contributed by atoms with E-state index in [0.29, 0.717) is 12.3 Å². The van der Waals surface area contributed by atoms with Gasteiger partial charge in [-0.15, -0.1) is 6.58 Å². The number of nitrogens with one attached hydrogen (secondary N) is 2. The Balaban J connectivity index is 2.59. The van der Waals surface area contributed by atoms with Gasteiger partial charge in [0.2, 0.25) is 0 Å². The first-order valence-corrected chi connectivity index (χ1v) is 7.21. The topological polar surface area (TPSA) is 50.4 Å². The van der Waals surface area contributed by atoms with Crippen LogP contribution in [0.15, 0.2) is 36.9 Å². The predicted octanol–water partition coefficient (Wildman–Crippen LogP) is 2.64. The van der Waals surface area contributed by atoms with Crippen molar-refractivity contribution < 1.29 is 9.53 Å². The summed E-state index contributed by atoms with van der Waals surface area (Å²) in [6.07, 6.45) is 1.11. The van der Waals surface area contributed by atoms with Gasteiger partial charge in [0.1, 0.15) is 5.75 Å². The standard InChI is InChI=1S/C17H26N2O2/c1-6-10-18-16(20)13(2)21-15-9-7-8-14(11-15)12-19-17(3,4)5/h6-9,11,13,19H,1,10,12H2,2-5H3,(H,18,20). The van der Waals surface area contributed by atoms with Gasteiger partial charge in [0.05, 0.1) is 0 Å². The second kappa shape index (κ2) is 7.84. The minimum Gasteiger partial charge on any atom is -0.481 e. The monoisotopic (exact) mass is 290 g/mol. The lowest BCUT2D eigenvalue weighted by Gasteiger charge is -2.21. The lowest BCUT2D eigenvalue weighted by Crippen LogP contribution is -2.36. The van der Waals surface area contributed by atoms with Crippen LogP contribution in [0.1, 0.15) is 33.3 Å². The maximum Gasteiger partial charge on any atom is 0.261 e. The van der Waals surface area contributed by atoms with E-state index in [-0.39, 0.29) is 11.4 Å². The van der Waals surface area contributed by atoms with E-state index in [4.69, 9.17) is 4.74 Å². The largest absolute Gasteiger partial charge is 0.481 e. The van der Waals surface area contributed by atoms with Gasteiger partial charge in [0, 0.05) is 18.6 Å². The molecular weight excluding hydrogens is 264 g/mol. The van der Waals surface area contributed by atoms with Gasteiger partial charge in [-0.05, 0) is 45.4 Å². The van der Waals surface area contributed by atoms with Crippen molar-refractivity contribution in [2.75, 3.05) is 6.54 Å². The molecular formula is C17H26N2O2. The zero-order valence-corrected chi connectivity index (χ0v) is 13.4. The molecule has 0 aliphatic carbocycles. The molecule has 0 fully saturated rings. The molecule has 1 atom stereocenters. The van der Waals surface area contributed by atoms with Gasteiger partial charge in [0.15, 0.2) is 6.10 Å². The second-order valence-electron chi connectivity index (χ2n) is 6.04. The summed E-state index contributed by atoms with van der Waals surface area (Å²) in [6.45, 7) is 12.9. The lowest BCUT2D eigenvalue weighted by atomic mass is 10.1. The van der Waals surface area contributed by atoms with Crippen molar-refractivity contribution in [1.82, 2.24) is 10.6 Å². The molecule has 0 saturated carbocycles. The Kier molecular flexibility index (Phi) is 6.43. The number of ether oxygens (including phenoxy) is 1. The van der Waals surface area contributed by atoms with Gasteiger partial charge in [-0.3, -0.25) is 4.79 Å². The molecule has 21 heavy (non-hydrogen) atoms. The van der Waals surface area contributed by atoms with Crippen LogP contribution in [0, 0.1) is 0 Å². The molecule has 1 unspecified atom stereocenters. The highest BCUT2D eigenvalue weighted by molar-refractivity contribution is 5.80. The molecule has 0 radical (unpaired) electrons. The molecule has 1 aromatic carbocycles. The molecule has 4 heteroatoms. The Morgan fingerprint density at radius 1 is 1.43 bits per heavy atom. The maximum atomic E-state index is 11.8. The summed E-state index contributed by atoms with van der Waals surface area (Å²) in [5, 5.41) is 6.14. The zero-order valence-electron chi connectivity index (χ0n) is 13.4. The summed E-state index contributed by atoms with van der Waals surface area (Å²) in [6, 6.07) is 7.78. The minimum atomic E-state index is -0.532. The Morgan fingerprint density at radius 2 is 2.14 bits per heavy atom. The summed E-state index contributed by atoms with van der Waals surface area (Å²) >= 11 is 0. The van der Waals surface area contributed by atoms with Crippen molar-refractivity contribution in [3.63, 3.8) is 0 Å². The Bertz CT molecular complexity index is 478. The van der Waals surface area contributed by atoms with Crippen molar-refractivity contribution in [2.45, 2.75) is 45.9 Å². The summed E-state index contributed by atoms with van der Waals surface area (Å²) in [5.41, 5.74) is 1.19. The fraction of sp³-hybridized carbons (Fsp3) is 0.471. The van der Waals surface area contributed by atoms with Gasteiger partial charge in [-0.25, -0.2) is 0 Å². The van der Waals surface area contributed by atoms with E-state index in [0.717, 1.165) is 12.1 Å². The van der Waals surface area contributed by atoms with E-state index >= 15 is 0 Å². The van der Waals surface area contributed by atoms with Gasteiger partial charge in [-0.1, -0.05) is 18.2 Å². The first-order valence-electron chi connectivity index (χ1n) is 7.21. The minimum absolute atomic E-state index is 0.0642. The predicted molar refractivity (Wildman–Crippen MR) is 86.3 cm³/mol. The molecule has 4 nitrogen and oxygen atoms in total. The van der Waals surface area contributed by atoms with E-state index in [2.05, 4.69) is 38.0 Å². The molecule has 0 heterocycles. The number of hydrogen-bond donors (Lipinski definition) is 2. The molecule has 0 spiro atoms. The number of hydrogen-bond acceptors (Lipinski definition) is 3. The van der Waals surface area contributed by atoms with Crippen LogP contribution < -0.4 is 15.4 Å². The van der Waals surface area contributed by atoms with Gasteiger partial charge in [-0.2, -0.15) is 0 Å². The van der Waals surface area contributed by atoms with Crippen LogP contribution in [0.2, 0.25) is 0 Å². The number of carbonyl (C=O) groups is 1. The normalized spacial score (nSPS) is 12.6. The Labute approximate surface area is 127 Å². The fourth-order valence-corrected chi connectivity index (χ4v) is 1.67. The van der Waals surface area contributed by atoms with Crippen LogP contribution >= 0.6 is 0 Å². The number of amides is 1. The molecule has 0 bridgehead atoms. The Hall–Kier alpha value is -1.81. The van der Waals surface area contributed by atoms with Crippen molar-refractivity contribution in [3.05, 3.63) is 42.5 Å². The van der Waals surface area contributed by atoms with E-state index < -0.39 is 6.10 Å². The third-order valence-electron chi connectivity index (χ3n) is 2.82. The van der Waals surface area contributed by atoms with E-state index in [9.17, 15) is 4.79 Å². The van der Waals surface area contributed by atoms with Crippen LogP contribution in [-0.4, -0.2) is 24.1 Å². The highest BCUT2D eigenvalue weighted by Crippen LogP contribution is 2.15. The van der Waals surface area contributed by atoms with Crippen molar-refractivity contribution in [3.8, 4) is 5.75 Å². The summed E-state index contributed by atoms with van der Waals surface area (Å²) in [4.78, 5) is 11.8. The third kappa shape index (κ3) is 6.95. The smallest absolute Gasteiger partial charge is 0.261 e. The van der Waals surface area contributed by atoms with Gasteiger partial charge >= 0.3 is 0 Å². The first kappa shape index (κ1) is 17.2. The number of carbonyl (C=O) groups excluding carboxylic acids is 1. The van der Waals surface area contributed by atoms with Crippen LogP contribution in [0.5, 0.6) is 5.75 Å². The van der Waals surface area contributed by atoms with Gasteiger partial charge in [0.25, 0.3) is 5.91 Å². The van der Waals surface area contributed by atoms with Crippen LogP contribution in [-0.2, 0) is 11.3 Å². The second-order valence-corrected chi connectivity index (χ2v) is 6.04. The molecule has 1 rings (SSSR count). The fourth-order valence-electron chi connectivity index (χ4n) is 1.67. The molecule has 0 aliphatic rings. The number of benzene rings is 1. The van der Waals surface area contributed by atoms with Crippen LogP contribution in [0.25, 0.3) is 0 Å². The summed E-state index contributed by atoms with van der Waals surface area (Å²) in [5.74, 6) is 0.553. The van der Waals surface area contributed by atoms with Gasteiger partial charge < -0.3 is 15.4 Å². The average Bonchev–Trinajstić information content (AvgIpc) is 2.42. The van der Waals surface area contributed by atoms with Crippen LogP contribution in [0.3, 0.4) is 0 Å². The van der Waals surface area contributed by atoms with Crippen molar-refractivity contribution in [1.29, 1.82) is 0 Å².